The number of rotatable bonds is 1. The molecule has 3 N–H and O–H groups in total. The van der Waals surface area contributed by atoms with Gasteiger partial charge in [-0.05, 0) is 55.2 Å². The van der Waals surface area contributed by atoms with Gasteiger partial charge >= 0.3 is 0 Å². The van der Waals surface area contributed by atoms with Gasteiger partial charge in [0.25, 0.3) is 0 Å². The molecule has 6 nitrogen and oxygen atoms in total. The fourth-order valence-electron chi connectivity index (χ4n) is 2.85. The minimum Gasteiger partial charge on any atom is -0.390 e. The minimum absolute atomic E-state index is 0.170. The summed E-state index contributed by atoms with van der Waals surface area (Å²) in [5, 5.41) is 15.6. The summed E-state index contributed by atoms with van der Waals surface area (Å²) in [4.78, 5) is 8.32. The average molecular weight is 373 g/mol. The highest BCUT2D eigenvalue weighted by Crippen LogP contribution is 2.37. The van der Waals surface area contributed by atoms with Crippen LogP contribution in [-0.4, -0.2) is 30.5 Å². The molecule has 0 spiro atoms. The Hall–Kier alpha value is -0.960. The van der Waals surface area contributed by atoms with Crippen LogP contribution in [0.15, 0.2) is 6.33 Å². The van der Waals surface area contributed by atoms with Gasteiger partial charge in [0.05, 0.1) is 17.0 Å². The van der Waals surface area contributed by atoms with Crippen molar-refractivity contribution in [1.82, 2.24) is 19.7 Å². The van der Waals surface area contributed by atoms with Crippen LogP contribution in [-0.2, 0) is 0 Å². The quantitative estimate of drug-likeness (QED) is 0.745. The highest BCUT2D eigenvalue weighted by Gasteiger charge is 2.32. The van der Waals surface area contributed by atoms with Crippen molar-refractivity contribution in [2.45, 2.75) is 44.2 Å². The number of hydrogen-bond acceptors (Lipinski definition) is 5. The molecule has 0 amide bonds. The van der Waals surface area contributed by atoms with Gasteiger partial charge in [-0.2, -0.15) is 5.10 Å². The lowest BCUT2D eigenvalue weighted by molar-refractivity contribution is 0.00244. The second-order valence-electron chi connectivity index (χ2n) is 5.44. The maximum absolute atomic E-state index is 10.2. The first kappa shape index (κ1) is 13.0. The van der Waals surface area contributed by atoms with Crippen LogP contribution in [0.4, 0.5) is 5.82 Å². The molecule has 0 aliphatic heterocycles. The first-order chi connectivity index (χ1) is 8.98. The number of fused-ring (bicyclic) bond motifs is 1. The smallest absolute Gasteiger partial charge is 0.164 e. The number of anilines is 1. The van der Waals surface area contributed by atoms with Crippen molar-refractivity contribution in [1.29, 1.82) is 0 Å². The molecular weight excluding hydrogens is 357 g/mol. The Bertz CT molecular complexity index is 624. The van der Waals surface area contributed by atoms with Crippen molar-refractivity contribution in [2.24, 2.45) is 0 Å². The van der Waals surface area contributed by atoms with Crippen molar-refractivity contribution >= 4 is 39.4 Å². The van der Waals surface area contributed by atoms with Gasteiger partial charge in [-0.15, -0.1) is 0 Å². The molecule has 0 aromatic carbocycles. The predicted molar refractivity (Wildman–Crippen MR) is 80.6 cm³/mol. The van der Waals surface area contributed by atoms with Crippen molar-refractivity contribution in [2.75, 3.05) is 5.73 Å². The zero-order chi connectivity index (χ0) is 13.6. The van der Waals surface area contributed by atoms with Crippen molar-refractivity contribution in [3.8, 4) is 0 Å². The Morgan fingerprint density at radius 3 is 3.05 bits per heavy atom. The molecule has 3 rings (SSSR count). The molecule has 0 bridgehead atoms. The first-order valence-corrected chi connectivity index (χ1v) is 7.42. The monoisotopic (exact) mass is 373 g/mol. The van der Waals surface area contributed by atoms with Crippen LogP contribution >= 0.6 is 22.6 Å². The van der Waals surface area contributed by atoms with Crippen LogP contribution in [0.5, 0.6) is 0 Å². The Balaban J connectivity index is 2.08. The van der Waals surface area contributed by atoms with Crippen molar-refractivity contribution in [3.63, 3.8) is 0 Å². The van der Waals surface area contributed by atoms with Crippen LogP contribution in [0.2, 0.25) is 0 Å². The lowest BCUT2D eigenvalue weighted by atomic mass is 9.83. The van der Waals surface area contributed by atoms with Crippen molar-refractivity contribution < 1.29 is 5.11 Å². The normalized spacial score (nSPS) is 27.8. The zero-order valence-electron chi connectivity index (χ0n) is 10.7. The standard InChI is InChI=1S/C12H16IN5O/c1-12(19)4-2-3-7(5-12)18-11-8(9(13)17-18)10(14)15-6-16-11/h6-7,19H,2-5H2,1H3,(H2,14,15,16). The van der Waals surface area contributed by atoms with E-state index in [0.29, 0.717) is 12.2 Å². The fraction of sp³-hybridized carbons (Fsp3) is 0.583. The molecule has 1 aliphatic rings. The van der Waals surface area contributed by atoms with Crippen LogP contribution in [0, 0.1) is 3.70 Å². The van der Waals surface area contributed by atoms with E-state index >= 15 is 0 Å². The molecule has 0 saturated heterocycles. The lowest BCUT2D eigenvalue weighted by Crippen LogP contribution is -2.33. The molecule has 1 aliphatic carbocycles. The van der Waals surface area contributed by atoms with E-state index in [-0.39, 0.29) is 6.04 Å². The molecular formula is C12H16IN5O. The molecule has 1 fully saturated rings. The number of halogens is 1. The average Bonchev–Trinajstić information content (AvgIpc) is 2.67. The summed E-state index contributed by atoms with van der Waals surface area (Å²) in [5.74, 6) is 0.461. The zero-order valence-corrected chi connectivity index (χ0v) is 12.8. The molecule has 102 valence electrons. The SMILES string of the molecule is CC1(O)CCCC(n2nc(I)c3c(N)ncnc32)C1. The molecule has 7 heteroatoms. The van der Waals surface area contributed by atoms with E-state index in [4.69, 9.17) is 5.73 Å². The van der Waals surface area contributed by atoms with E-state index in [2.05, 4.69) is 37.7 Å². The number of nitrogen functional groups attached to an aromatic ring is 1. The largest absolute Gasteiger partial charge is 0.390 e. The Morgan fingerprint density at radius 2 is 2.32 bits per heavy atom. The van der Waals surface area contributed by atoms with Gasteiger partial charge in [0.15, 0.2) is 5.65 Å². The van der Waals surface area contributed by atoms with Gasteiger partial charge in [-0.1, -0.05) is 0 Å². The van der Waals surface area contributed by atoms with Crippen LogP contribution in [0.1, 0.15) is 38.6 Å². The summed E-state index contributed by atoms with van der Waals surface area (Å²) >= 11 is 2.16. The van der Waals surface area contributed by atoms with Gasteiger partial charge in [-0.3, -0.25) is 0 Å². The molecule has 2 heterocycles. The fourth-order valence-corrected chi connectivity index (χ4v) is 3.60. The molecule has 1 saturated carbocycles. The van der Waals surface area contributed by atoms with Gasteiger partial charge in [0.1, 0.15) is 15.8 Å². The molecule has 2 aromatic rings. The molecule has 2 atom stereocenters. The molecule has 19 heavy (non-hydrogen) atoms. The molecule has 2 aromatic heterocycles. The number of hydrogen-bond donors (Lipinski definition) is 2. The Kier molecular flexibility index (Phi) is 3.12. The third-order valence-corrected chi connectivity index (χ3v) is 4.50. The molecule has 0 radical (unpaired) electrons. The second kappa shape index (κ2) is 4.55. The van der Waals surface area contributed by atoms with E-state index in [0.717, 1.165) is 34.0 Å². The number of nitrogens with two attached hydrogens (primary N) is 1. The van der Waals surface area contributed by atoms with Gasteiger partial charge in [0, 0.05) is 0 Å². The summed E-state index contributed by atoms with van der Waals surface area (Å²) in [5.41, 5.74) is 6.04. The minimum atomic E-state index is -0.620. The summed E-state index contributed by atoms with van der Waals surface area (Å²) < 4.78 is 2.72. The predicted octanol–water partition coefficient (Wildman–Crippen LogP) is 1.88. The third-order valence-electron chi connectivity index (χ3n) is 3.75. The Morgan fingerprint density at radius 1 is 1.53 bits per heavy atom. The lowest BCUT2D eigenvalue weighted by Gasteiger charge is -2.34. The van der Waals surface area contributed by atoms with Crippen molar-refractivity contribution in [3.05, 3.63) is 10.0 Å². The van der Waals surface area contributed by atoms with Gasteiger partial charge in [0.2, 0.25) is 0 Å². The van der Waals surface area contributed by atoms with Gasteiger partial charge in [-0.25, -0.2) is 14.6 Å². The van der Waals surface area contributed by atoms with Crippen LogP contribution in [0.25, 0.3) is 11.0 Å². The van der Waals surface area contributed by atoms with E-state index in [1.807, 2.05) is 11.6 Å². The Labute approximate surface area is 124 Å². The summed E-state index contributed by atoms with van der Waals surface area (Å²) in [6, 6.07) is 0.170. The topological polar surface area (TPSA) is 89.8 Å². The van der Waals surface area contributed by atoms with E-state index in [1.54, 1.807) is 0 Å². The van der Waals surface area contributed by atoms with E-state index < -0.39 is 5.60 Å². The second-order valence-corrected chi connectivity index (χ2v) is 6.46. The van der Waals surface area contributed by atoms with Crippen LogP contribution in [0.3, 0.4) is 0 Å². The highest BCUT2D eigenvalue weighted by molar-refractivity contribution is 14.1. The first-order valence-electron chi connectivity index (χ1n) is 6.34. The number of nitrogens with zero attached hydrogens (tertiary/aromatic N) is 4. The van der Waals surface area contributed by atoms with Crippen LogP contribution < -0.4 is 5.73 Å². The highest BCUT2D eigenvalue weighted by atomic mass is 127. The molecule has 2 unspecified atom stereocenters. The van der Waals surface area contributed by atoms with Gasteiger partial charge < -0.3 is 10.8 Å². The third kappa shape index (κ3) is 2.29. The maximum atomic E-state index is 10.2. The number of aliphatic hydroxyl groups is 1. The van der Waals surface area contributed by atoms with E-state index in [1.165, 1.54) is 6.33 Å². The maximum Gasteiger partial charge on any atom is 0.164 e. The number of aromatic nitrogens is 4. The summed E-state index contributed by atoms with van der Waals surface area (Å²) in [6.45, 7) is 1.89. The summed E-state index contributed by atoms with van der Waals surface area (Å²) in [7, 11) is 0. The van der Waals surface area contributed by atoms with E-state index in [9.17, 15) is 5.11 Å². The summed E-state index contributed by atoms with van der Waals surface area (Å²) in [6.07, 6.45) is 5.01.